The lowest BCUT2D eigenvalue weighted by Gasteiger charge is -2.19. The molecule has 1 N–H and O–H groups in total. The number of rotatable bonds is 5. The number of terminal acetylenes is 1. The molecular weight excluding hydrogens is 187 g/mol. The highest BCUT2D eigenvalue weighted by Crippen LogP contribution is 2.42. The Hall–Kier alpha value is -0.550. The second-order valence-electron chi connectivity index (χ2n) is 3.41. The van der Waals surface area contributed by atoms with E-state index in [2.05, 4.69) is 12.5 Å². The van der Waals surface area contributed by atoms with Crippen molar-refractivity contribution in [2.24, 2.45) is 5.41 Å². The first kappa shape index (κ1) is 12.4. The smallest absolute Gasteiger partial charge is 0.324 e. The van der Waals surface area contributed by atoms with E-state index in [4.69, 9.17) is 15.8 Å². The van der Waals surface area contributed by atoms with Crippen LogP contribution in [-0.4, -0.2) is 17.7 Å². The molecule has 0 saturated carbocycles. The van der Waals surface area contributed by atoms with Crippen LogP contribution in [0, 0.1) is 17.8 Å². The van der Waals surface area contributed by atoms with Gasteiger partial charge in [-0.3, -0.25) is 4.57 Å². The molecule has 0 rings (SSSR count). The van der Waals surface area contributed by atoms with Crippen LogP contribution in [0.5, 0.6) is 0 Å². The molecule has 0 saturated heterocycles. The van der Waals surface area contributed by atoms with Gasteiger partial charge in [0.15, 0.2) is 0 Å². The van der Waals surface area contributed by atoms with Crippen molar-refractivity contribution in [3.8, 4) is 12.3 Å². The van der Waals surface area contributed by atoms with Crippen molar-refractivity contribution < 1.29 is 14.0 Å². The molecule has 4 heteroatoms. The first-order valence-corrected chi connectivity index (χ1v) is 5.64. The number of hydrogen-bond acceptors (Lipinski definition) is 2. The van der Waals surface area contributed by atoms with Gasteiger partial charge in [-0.15, -0.1) is 13.0 Å². The molecule has 0 aromatic rings. The summed E-state index contributed by atoms with van der Waals surface area (Å²) in [5.41, 5.74) is -0.514. The molecular formula is C9H15O3P. The fourth-order valence-corrected chi connectivity index (χ4v) is 1.48. The normalized spacial score (nSPS) is 15.8. The molecule has 0 radical (unpaired) electrons. The van der Waals surface area contributed by atoms with Gasteiger partial charge in [-0.1, -0.05) is 12.0 Å². The molecule has 1 atom stereocenters. The average Bonchev–Trinajstić information content (AvgIpc) is 2.02. The molecule has 0 bridgehead atoms. The monoisotopic (exact) mass is 202 g/mol. The van der Waals surface area contributed by atoms with E-state index in [0.29, 0.717) is 0 Å². The maximum atomic E-state index is 11.2. The van der Waals surface area contributed by atoms with Gasteiger partial charge in [-0.2, -0.15) is 0 Å². The van der Waals surface area contributed by atoms with Gasteiger partial charge in [0.05, 0.1) is 12.8 Å². The summed E-state index contributed by atoms with van der Waals surface area (Å²) in [6.45, 7) is 6.96. The second kappa shape index (κ2) is 4.62. The third-order valence-electron chi connectivity index (χ3n) is 1.38. The van der Waals surface area contributed by atoms with Crippen LogP contribution >= 0.6 is 7.60 Å². The summed E-state index contributed by atoms with van der Waals surface area (Å²) in [7, 11) is -3.52. The molecule has 1 unspecified atom stereocenters. The fraction of sp³-hybridized carbons (Fsp3) is 0.556. The van der Waals surface area contributed by atoms with Gasteiger partial charge in [0.25, 0.3) is 0 Å². The Labute approximate surface area is 79.3 Å². The third-order valence-corrected chi connectivity index (χ3v) is 2.63. The Morgan fingerprint density at radius 3 is 2.69 bits per heavy atom. The molecule has 0 aliphatic carbocycles. The topological polar surface area (TPSA) is 46.5 Å². The van der Waals surface area contributed by atoms with Crippen molar-refractivity contribution in [1.29, 1.82) is 0 Å². The van der Waals surface area contributed by atoms with E-state index in [-0.39, 0.29) is 12.8 Å². The van der Waals surface area contributed by atoms with Crippen molar-refractivity contribution in [2.75, 3.05) is 12.8 Å². The zero-order valence-electron chi connectivity index (χ0n) is 7.99. The van der Waals surface area contributed by atoms with E-state index in [1.54, 1.807) is 13.8 Å². The van der Waals surface area contributed by atoms with Crippen LogP contribution in [0.25, 0.3) is 0 Å². The van der Waals surface area contributed by atoms with Crippen molar-refractivity contribution in [3.05, 3.63) is 12.7 Å². The zero-order chi connectivity index (χ0) is 10.5. The minimum atomic E-state index is -3.52. The van der Waals surface area contributed by atoms with Crippen LogP contribution in [0.4, 0.5) is 0 Å². The van der Waals surface area contributed by atoms with Crippen LogP contribution in [0.2, 0.25) is 0 Å². The molecule has 0 aromatic carbocycles. The Bertz CT molecular complexity index is 263. The van der Waals surface area contributed by atoms with Crippen LogP contribution in [0.1, 0.15) is 13.8 Å². The van der Waals surface area contributed by atoms with E-state index in [9.17, 15) is 4.57 Å². The standard InChI is InChI=1S/C9H15O3P/c1-5-7-13(10,11)12-8-9(3,4)6-2/h2,5H,1,7-8H2,3-4H3,(H,10,11). The molecule has 13 heavy (non-hydrogen) atoms. The Morgan fingerprint density at radius 2 is 2.31 bits per heavy atom. The highest BCUT2D eigenvalue weighted by molar-refractivity contribution is 7.53. The first-order valence-electron chi connectivity index (χ1n) is 3.88. The largest absolute Gasteiger partial charge is 0.331 e. The van der Waals surface area contributed by atoms with E-state index in [1.165, 1.54) is 6.08 Å². The minimum absolute atomic E-state index is 0.0480. The fourth-order valence-electron chi connectivity index (χ4n) is 0.520. The summed E-state index contributed by atoms with van der Waals surface area (Å²) < 4.78 is 16.0. The van der Waals surface area contributed by atoms with Gasteiger partial charge in [0, 0.05) is 5.41 Å². The Kier molecular flexibility index (Phi) is 4.43. The second-order valence-corrected chi connectivity index (χ2v) is 5.31. The van der Waals surface area contributed by atoms with Crippen LogP contribution in [0.15, 0.2) is 12.7 Å². The summed E-state index contributed by atoms with van der Waals surface area (Å²) in [5.74, 6) is 2.47. The van der Waals surface area contributed by atoms with Gasteiger partial charge in [-0.05, 0) is 13.8 Å². The van der Waals surface area contributed by atoms with Gasteiger partial charge in [0.2, 0.25) is 0 Å². The maximum absolute atomic E-state index is 11.2. The van der Waals surface area contributed by atoms with Crippen LogP contribution in [-0.2, 0) is 9.09 Å². The van der Waals surface area contributed by atoms with Gasteiger partial charge >= 0.3 is 7.60 Å². The zero-order valence-corrected chi connectivity index (χ0v) is 8.88. The third kappa shape index (κ3) is 5.65. The summed E-state index contributed by atoms with van der Waals surface area (Å²) in [6.07, 6.45) is 6.49. The highest BCUT2D eigenvalue weighted by atomic mass is 31.2. The quantitative estimate of drug-likeness (QED) is 0.421. The van der Waals surface area contributed by atoms with E-state index in [1.807, 2.05) is 0 Å². The molecule has 74 valence electrons. The highest BCUT2D eigenvalue weighted by Gasteiger charge is 2.22. The van der Waals surface area contributed by atoms with Crippen molar-refractivity contribution in [1.82, 2.24) is 0 Å². The lowest BCUT2D eigenvalue weighted by Crippen LogP contribution is -2.16. The SMILES string of the molecule is C#CC(C)(C)COP(=O)(O)CC=C. The molecule has 0 spiro atoms. The Morgan fingerprint density at radius 1 is 1.77 bits per heavy atom. The van der Waals surface area contributed by atoms with E-state index in [0.717, 1.165) is 0 Å². The first-order chi connectivity index (χ1) is 5.83. The lowest BCUT2D eigenvalue weighted by molar-refractivity contribution is 0.200. The molecule has 0 heterocycles. The molecule has 0 aromatic heterocycles. The van der Waals surface area contributed by atoms with Crippen molar-refractivity contribution in [3.63, 3.8) is 0 Å². The molecule has 0 aliphatic rings. The molecule has 0 amide bonds. The Balaban J connectivity index is 4.11. The van der Waals surface area contributed by atoms with E-state index < -0.39 is 13.0 Å². The predicted molar refractivity (Wildman–Crippen MR) is 53.5 cm³/mol. The van der Waals surface area contributed by atoms with Crippen molar-refractivity contribution in [2.45, 2.75) is 13.8 Å². The van der Waals surface area contributed by atoms with Crippen LogP contribution in [0.3, 0.4) is 0 Å². The summed E-state index contributed by atoms with van der Waals surface area (Å²) in [4.78, 5) is 9.17. The summed E-state index contributed by atoms with van der Waals surface area (Å²) >= 11 is 0. The predicted octanol–water partition coefficient (Wildman–Crippen LogP) is 2.03. The number of hydrogen-bond donors (Lipinski definition) is 1. The number of allylic oxidation sites excluding steroid dienone is 1. The summed E-state index contributed by atoms with van der Waals surface area (Å²) in [5, 5.41) is 0. The van der Waals surface area contributed by atoms with Gasteiger partial charge in [0.1, 0.15) is 0 Å². The lowest BCUT2D eigenvalue weighted by atomic mass is 9.97. The molecule has 3 nitrogen and oxygen atoms in total. The van der Waals surface area contributed by atoms with Gasteiger partial charge in [-0.25, -0.2) is 0 Å². The van der Waals surface area contributed by atoms with E-state index >= 15 is 0 Å². The minimum Gasteiger partial charge on any atom is -0.324 e. The summed E-state index contributed by atoms with van der Waals surface area (Å²) in [6, 6.07) is 0. The molecule has 0 aliphatic heterocycles. The van der Waals surface area contributed by atoms with Crippen molar-refractivity contribution >= 4 is 7.60 Å². The average molecular weight is 202 g/mol. The maximum Gasteiger partial charge on any atom is 0.331 e. The van der Waals surface area contributed by atoms with Gasteiger partial charge < -0.3 is 9.42 Å². The molecule has 0 fully saturated rings. The van der Waals surface area contributed by atoms with Crippen LogP contribution < -0.4 is 0 Å².